The fourth-order valence-corrected chi connectivity index (χ4v) is 6.66. The van der Waals surface area contributed by atoms with E-state index in [1.165, 1.54) is 38.6 Å². The molecule has 4 aromatic rings. The largest absolute Gasteiger partial charge is 0.344 e. The molecule has 1 aliphatic carbocycles. The van der Waals surface area contributed by atoms with Gasteiger partial charge < -0.3 is 9.47 Å². The van der Waals surface area contributed by atoms with E-state index in [1.54, 1.807) is 0 Å². The van der Waals surface area contributed by atoms with E-state index in [2.05, 4.69) is 131 Å². The van der Waals surface area contributed by atoms with Crippen molar-refractivity contribution in [2.24, 2.45) is 7.05 Å². The number of allylic oxidation sites excluding steroid dienone is 8. The fourth-order valence-electron chi connectivity index (χ4n) is 6.66. The highest BCUT2D eigenvalue weighted by Crippen LogP contribution is 2.54. The van der Waals surface area contributed by atoms with Gasteiger partial charge >= 0.3 is 0 Å². The SMILES string of the molecule is C=C/C=C1\C(=C/C)C(C)(C)c2cc(N(/C(C=C)=C/C=C)c3cccc4c3c3ccccc3n4C)c(C=C)c(C=C)c21. The highest BCUT2D eigenvalue weighted by molar-refractivity contribution is 6.15. The van der Waals surface area contributed by atoms with Crippen molar-refractivity contribution in [1.29, 1.82) is 0 Å². The van der Waals surface area contributed by atoms with Gasteiger partial charge in [0.1, 0.15) is 0 Å². The predicted octanol–water partition coefficient (Wildman–Crippen LogP) is 10.8. The molecule has 1 aliphatic rings. The second kappa shape index (κ2) is 10.6. The van der Waals surface area contributed by atoms with Crippen LogP contribution in [0.2, 0.25) is 0 Å². The minimum Gasteiger partial charge on any atom is -0.344 e. The van der Waals surface area contributed by atoms with Gasteiger partial charge in [-0.15, -0.1) is 0 Å². The zero-order valence-corrected chi connectivity index (χ0v) is 24.7. The lowest BCUT2D eigenvalue weighted by molar-refractivity contribution is 0.659. The Hall–Kier alpha value is -4.82. The molecule has 0 bridgehead atoms. The lowest BCUT2D eigenvalue weighted by Gasteiger charge is -2.31. The van der Waals surface area contributed by atoms with Crippen molar-refractivity contribution in [2.75, 3.05) is 4.90 Å². The molecule has 0 saturated heterocycles. The zero-order valence-electron chi connectivity index (χ0n) is 24.7. The quantitative estimate of drug-likeness (QED) is 0.204. The van der Waals surface area contributed by atoms with Gasteiger partial charge in [0.25, 0.3) is 0 Å². The van der Waals surface area contributed by atoms with Gasteiger partial charge in [-0.1, -0.05) is 107 Å². The van der Waals surface area contributed by atoms with Gasteiger partial charge in [0.05, 0.1) is 16.9 Å². The molecule has 41 heavy (non-hydrogen) atoms. The molecule has 0 aliphatic heterocycles. The summed E-state index contributed by atoms with van der Waals surface area (Å²) in [6, 6.07) is 17.4. The number of anilines is 2. The number of hydrogen-bond donors (Lipinski definition) is 0. The molecule has 1 aromatic heterocycles. The van der Waals surface area contributed by atoms with E-state index < -0.39 is 0 Å². The molecule has 0 radical (unpaired) electrons. The van der Waals surface area contributed by atoms with E-state index in [0.29, 0.717) is 0 Å². The number of benzene rings is 3. The van der Waals surface area contributed by atoms with Crippen molar-refractivity contribution in [3.05, 3.63) is 151 Å². The van der Waals surface area contributed by atoms with Crippen LogP contribution in [0.3, 0.4) is 0 Å². The van der Waals surface area contributed by atoms with Crippen LogP contribution in [0.4, 0.5) is 11.4 Å². The molecule has 0 saturated carbocycles. The van der Waals surface area contributed by atoms with Crippen molar-refractivity contribution in [3.63, 3.8) is 0 Å². The van der Waals surface area contributed by atoms with Gasteiger partial charge in [0, 0.05) is 40.0 Å². The summed E-state index contributed by atoms with van der Waals surface area (Å²) in [5.41, 5.74) is 12.1. The van der Waals surface area contributed by atoms with Crippen LogP contribution in [0, 0.1) is 0 Å². The summed E-state index contributed by atoms with van der Waals surface area (Å²) in [6.07, 6.45) is 15.8. The van der Waals surface area contributed by atoms with Crippen molar-refractivity contribution < 1.29 is 0 Å². The molecule has 0 amide bonds. The van der Waals surface area contributed by atoms with Crippen LogP contribution in [-0.2, 0) is 12.5 Å². The lowest BCUT2D eigenvalue weighted by atomic mass is 9.81. The Labute approximate surface area is 244 Å². The van der Waals surface area contributed by atoms with E-state index >= 15 is 0 Å². The number of aromatic nitrogens is 1. The van der Waals surface area contributed by atoms with Crippen molar-refractivity contribution in [2.45, 2.75) is 26.2 Å². The predicted molar refractivity (Wildman–Crippen MR) is 183 cm³/mol. The Balaban J connectivity index is 1.99. The molecule has 0 fully saturated rings. The number of fused-ring (bicyclic) bond motifs is 4. The summed E-state index contributed by atoms with van der Waals surface area (Å²) >= 11 is 0. The first-order chi connectivity index (χ1) is 19.8. The molecule has 0 N–H and O–H groups in total. The van der Waals surface area contributed by atoms with Crippen LogP contribution in [-0.4, -0.2) is 4.57 Å². The van der Waals surface area contributed by atoms with Crippen molar-refractivity contribution in [1.82, 2.24) is 4.57 Å². The Morgan fingerprint density at radius 1 is 0.854 bits per heavy atom. The summed E-state index contributed by atoms with van der Waals surface area (Å²) in [4.78, 5) is 2.30. The van der Waals surface area contributed by atoms with Crippen molar-refractivity contribution >= 4 is 50.9 Å². The molecule has 2 heteroatoms. The summed E-state index contributed by atoms with van der Waals surface area (Å²) in [5.74, 6) is 0. The Kier molecular flexibility index (Phi) is 7.19. The first-order valence-corrected chi connectivity index (χ1v) is 14.0. The van der Waals surface area contributed by atoms with Crippen LogP contribution in [0.15, 0.2) is 129 Å². The summed E-state index contributed by atoms with van der Waals surface area (Å²) < 4.78 is 2.26. The van der Waals surface area contributed by atoms with Gasteiger partial charge in [-0.05, 0) is 71.2 Å². The minimum absolute atomic E-state index is 0.223. The van der Waals surface area contributed by atoms with E-state index in [9.17, 15) is 0 Å². The van der Waals surface area contributed by atoms with E-state index in [-0.39, 0.29) is 5.41 Å². The Bertz CT molecular complexity index is 1860. The van der Waals surface area contributed by atoms with Crippen molar-refractivity contribution in [3.8, 4) is 0 Å². The van der Waals surface area contributed by atoms with Gasteiger partial charge in [0.2, 0.25) is 0 Å². The molecule has 5 rings (SSSR count). The minimum atomic E-state index is -0.223. The molecular formula is C39H38N2. The number of aryl methyl sites for hydroxylation is 1. The van der Waals surface area contributed by atoms with Gasteiger partial charge in [0.15, 0.2) is 0 Å². The number of hydrogen-bond acceptors (Lipinski definition) is 1. The van der Waals surface area contributed by atoms with Crippen LogP contribution in [0.1, 0.15) is 43.0 Å². The van der Waals surface area contributed by atoms with Crippen LogP contribution >= 0.6 is 0 Å². The van der Waals surface area contributed by atoms with Crippen LogP contribution < -0.4 is 4.90 Å². The molecule has 0 spiro atoms. The Morgan fingerprint density at radius 3 is 2.20 bits per heavy atom. The monoisotopic (exact) mass is 534 g/mol. The smallest absolute Gasteiger partial charge is 0.0562 e. The average Bonchev–Trinajstić information content (AvgIpc) is 3.39. The molecule has 3 aromatic carbocycles. The van der Waals surface area contributed by atoms with E-state index in [0.717, 1.165) is 33.7 Å². The molecule has 1 heterocycles. The maximum Gasteiger partial charge on any atom is 0.0562 e. The summed E-state index contributed by atoms with van der Waals surface area (Å²) in [6.45, 7) is 27.5. The van der Waals surface area contributed by atoms with Gasteiger partial charge in [-0.2, -0.15) is 0 Å². The maximum atomic E-state index is 4.30. The summed E-state index contributed by atoms with van der Waals surface area (Å²) in [7, 11) is 2.13. The second-order valence-electron chi connectivity index (χ2n) is 10.8. The molecule has 204 valence electrons. The standard InChI is InChI=1S/C39H38N2/c1-10-19-26(12-3)41(35-24-18-23-34-38(35)30-21-16-17-22-33(30)40(34)9)36-25-32-37(28(14-5)27(36)13-4)29(20-11-2)31(15-6)39(32,7)8/h10-25H,1-5H2,6-9H3/b26-19+,29-20+,31-15+. The highest BCUT2D eigenvalue weighted by atomic mass is 15.2. The number of rotatable bonds is 8. The Morgan fingerprint density at radius 2 is 1.56 bits per heavy atom. The van der Waals surface area contributed by atoms with Gasteiger partial charge in [-0.3, -0.25) is 0 Å². The van der Waals surface area contributed by atoms with Crippen LogP contribution in [0.5, 0.6) is 0 Å². The van der Waals surface area contributed by atoms with Crippen LogP contribution in [0.25, 0.3) is 39.5 Å². The van der Waals surface area contributed by atoms with E-state index in [1.807, 2.05) is 36.5 Å². The molecule has 0 atom stereocenters. The second-order valence-corrected chi connectivity index (χ2v) is 10.8. The highest BCUT2D eigenvalue weighted by Gasteiger charge is 2.40. The lowest BCUT2D eigenvalue weighted by Crippen LogP contribution is -2.20. The topological polar surface area (TPSA) is 8.17 Å². The molecular weight excluding hydrogens is 496 g/mol. The first-order valence-electron chi connectivity index (χ1n) is 14.0. The first kappa shape index (κ1) is 27.7. The van der Waals surface area contributed by atoms with E-state index in [4.69, 9.17) is 0 Å². The molecule has 2 nitrogen and oxygen atoms in total. The zero-order chi connectivity index (χ0) is 29.5. The molecule has 0 unspecified atom stereocenters. The fraction of sp³-hybridized carbons (Fsp3) is 0.128. The van der Waals surface area contributed by atoms with Gasteiger partial charge in [-0.25, -0.2) is 0 Å². The third-order valence-electron chi connectivity index (χ3n) is 8.43. The maximum absolute atomic E-state index is 4.30. The number of nitrogens with zero attached hydrogens (tertiary/aromatic N) is 2. The third-order valence-corrected chi connectivity index (χ3v) is 8.43. The third kappa shape index (κ3) is 4.02. The normalized spacial score (nSPS) is 16.2. The number of para-hydroxylation sites is 1. The average molecular weight is 535 g/mol. The summed E-state index contributed by atoms with van der Waals surface area (Å²) in [5, 5.41) is 2.38.